The zero-order valence-electron chi connectivity index (χ0n) is 13.1. The van der Waals surface area contributed by atoms with E-state index in [1.54, 1.807) is 0 Å². The van der Waals surface area contributed by atoms with Gasteiger partial charge in [0.05, 0.1) is 6.04 Å². The van der Waals surface area contributed by atoms with Crippen LogP contribution in [0.4, 0.5) is 0 Å². The fourth-order valence-electron chi connectivity index (χ4n) is 2.80. The molecule has 0 saturated carbocycles. The van der Waals surface area contributed by atoms with Crippen LogP contribution in [0.25, 0.3) is 5.57 Å². The van der Waals surface area contributed by atoms with Crippen molar-refractivity contribution >= 4 is 5.57 Å². The molecule has 0 saturated heterocycles. The monoisotopic (exact) mass is 277 g/mol. The van der Waals surface area contributed by atoms with Gasteiger partial charge in [0.1, 0.15) is 0 Å². The van der Waals surface area contributed by atoms with Gasteiger partial charge in [-0.3, -0.25) is 0 Å². The highest BCUT2D eigenvalue weighted by Gasteiger charge is 2.22. The summed E-state index contributed by atoms with van der Waals surface area (Å²) in [7, 11) is 0. The zero-order chi connectivity index (χ0) is 14.9. The third kappa shape index (κ3) is 3.02. The molecule has 1 aromatic rings. The van der Waals surface area contributed by atoms with Crippen LogP contribution in [0.1, 0.15) is 32.8 Å². The predicted octanol–water partition coefficient (Wildman–Crippen LogP) is 5.16. The molecule has 2 heterocycles. The van der Waals surface area contributed by atoms with Gasteiger partial charge < -0.3 is 4.90 Å². The van der Waals surface area contributed by atoms with Crippen LogP contribution >= 0.6 is 0 Å². The minimum Gasteiger partial charge on any atom is -0.347 e. The second kappa shape index (κ2) is 5.40. The second-order valence-corrected chi connectivity index (χ2v) is 6.78. The van der Waals surface area contributed by atoms with Gasteiger partial charge in [-0.25, -0.2) is 0 Å². The zero-order valence-corrected chi connectivity index (χ0v) is 13.1. The molecule has 1 heteroatoms. The van der Waals surface area contributed by atoms with E-state index in [1.807, 2.05) is 0 Å². The number of rotatable bonds is 1. The van der Waals surface area contributed by atoms with E-state index in [-0.39, 0.29) is 5.41 Å². The Hall–Kier alpha value is -2.02. The van der Waals surface area contributed by atoms with Gasteiger partial charge in [0.2, 0.25) is 0 Å². The third-order valence-electron chi connectivity index (χ3n) is 4.16. The van der Waals surface area contributed by atoms with Crippen LogP contribution in [0, 0.1) is 5.41 Å². The Morgan fingerprint density at radius 2 is 1.71 bits per heavy atom. The summed E-state index contributed by atoms with van der Waals surface area (Å²) >= 11 is 0. The quantitative estimate of drug-likeness (QED) is 0.685. The van der Waals surface area contributed by atoms with Crippen LogP contribution in [0.15, 0.2) is 72.6 Å². The van der Waals surface area contributed by atoms with Crippen molar-refractivity contribution in [3.8, 4) is 0 Å². The van der Waals surface area contributed by atoms with E-state index in [1.165, 1.54) is 16.7 Å². The lowest BCUT2D eigenvalue weighted by molar-refractivity contribution is 0.406. The van der Waals surface area contributed by atoms with Crippen LogP contribution in [0.3, 0.4) is 0 Å². The van der Waals surface area contributed by atoms with Crippen molar-refractivity contribution in [3.63, 3.8) is 0 Å². The van der Waals surface area contributed by atoms with Crippen molar-refractivity contribution < 1.29 is 0 Å². The standard InChI is InChI=1S/C20H23N/c1-20(2,3)18-12-14-21-13-11-17(9-10-19(21)15-18)16-7-5-4-6-8-16/h4-9,11-15,19H,10H2,1-3H3. The highest BCUT2D eigenvalue weighted by molar-refractivity contribution is 5.74. The molecule has 108 valence electrons. The van der Waals surface area contributed by atoms with Gasteiger partial charge in [0.15, 0.2) is 0 Å². The molecule has 0 spiro atoms. The fourth-order valence-corrected chi connectivity index (χ4v) is 2.80. The molecule has 3 rings (SSSR count). The first kappa shape index (κ1) is 13.9. The Kier molecular flexibility index (Phi) is 3.59. The molecule has 0 aromatic heterocycles. The van der Waals surface area contributed by atoms with E-state index in [0.717, 1.165) is 6.42 Å². The lowest BCUT2D eigenvalue weighted by Gasteiger charge is -2.31. The van der Waals surface area contributed by atoms with Crippen LogP contribution in [0.2, 0.25) is 0 Å². The molecule has 0 N–H and O–H groups in total. The van der Waals surface area contributed by atoms with Crippen LogP contribution in [0.5, 0.6) is 0 Å². The lowest BCUT2D eigenvalue weighted by Crippen LogP contribution is -2.27. The van der Waals surface area contributed by atoms with Crippen LogP contribution < -0.4 is 0 Å². The molecule has 1 aromatic carbocycles. The maximum absolute atomic E-state index is 2.41. The van der Waals surface area contributed by atoms with Gasteiger partial charge >= 0.3 is 0 Å². The summed E-state index contributed by atoms with van der Waals surface area (Å²) in [5.74, 6) is 0. The van der Waals surface area contributed by atoms with Crippen molar-refractivity contribution in [1.82, 2.24) is 4.90 Å². The molecule has 2 aliphatic heterocycles. The minimum atomic E-state index is 0.213. The Morgan fingerprint density at radius 1 is 1.00 bits per heavy atom. The maximum Gasteiger partial charge on any atom is 0.0551 e. The normalized spacial score (nSPS) is 21.5. The molecule has 21 heavy (non-hydrogen) atoms. The lowest BCUT2D eigenvalue weighted by atomic mass is 9.83. The molecule has 0 fully saturated rings. The summed E-state index contributed by atoms with van der Waals surface area (Å²) in [5.41, 5.74) is 4.24. The molecular formula is C20H23N. The summed E-state index contributed by atoms with van der Waals surface area (Å²) < 4.78 is 0. The second-order valence-electron chi connectivity index (χ2n) is 6.78. The van der Waals surface area contributed by atoms with Gasteiger partial charge in [-0.15, -0.1) is 0 Å². The van der Waals surface area contributed by atoms with E-state index in [9.17, 15) is 0 Å². The Morgan fingerprint density at radius 3 is 2.43 bits per heavy atom. The van der Waals surface area contributed by atoms with E-state index < -0.39 is 0 Å². The molecule has 1 nitrogen and oxygen atoms in total. The Bertz CT molecular complexity index is 624. The van der Waals surface area contributed by atoms with Crippen molar-refractivity contribution in [2.45, 2.75) is 33.2 Å². The average Bonchev–Trinajstić information content (AvgIpc) is 2.69. The van der Waals surface area contributed by atoms with Gasteiger partial charge in [0, 0.05) is 12.4 Å². The number of benzene rings is 1. The molecule has 0 bridgehead atoms. The van der Waals surface area contributed by atoms with Gasteiger partial charge in [-0.05, 0) is 40.7 Å². The van der Waals surface area contributed by atoms with Crippen molar-refractivity contribution in [2.24, 2.45) is 5.41 Å². The minimum absolute atomic E-state index is 0.213. The molecule has 0 amide bonds. The maximum atomic E-state index is 2.41. The SMILES string of the molecule is CC(C)(C)C1=CC2CC=C(c3ccccc3)C=CN2C=C1. The molecular weight excluding hydrogens is 254 g/mol. The van der Waals surface area contributed by atoms with Crippen molar-refractivity contribution in [2.75, 3.05) is 0 Å². The average molecular weight is 277 g/mol. The Labute approximate surface area is 128 Å². The van der Waals surface area contributed by atoms with E-state index in [0.29, 0.717) is 6.04 Å². The number of hydrogen-bond acceptors (Lipinski definition) is 1. The summed E-state index contributed by atoms with van der Waals surface area (Å²) in [6, 6.07) is 11.0. The summed E-state index contributed by atoms with van der Waals surface area (Å²) in [6.45, 7) is 6.82. The first-order chi connectivity index (χ1) is 10.0. The smallest absolute Gasteiger partial charge is 0.0551 e. The molecule has 1 unspecified atom stereocenters. The first-order valence-electron chi connectivity index (χ1n) is 7.66. The van der Waals surface area contributed by atoms with Gasteiger partial charge in [0.25, 0.3) is 0 Å². The van der Waals surface area contributed by atoms with E-state index >= 15 is 0 Å². The highest BCUT2D eigenvalue weighted by Crippen LogP contribution is 2.32. The molecule has 2 aliphatic rings. The molecule has 0 aliphatic carbocycles. The molecule has 0 radical (unpaired) electrons. The molecule has 1 atom stereocenters. The van der Waals surface area contributed by atoms with Crippen LogP contribution in [-0.2, 0) is 0 Å². The summed E-state index contributed by atoms with van der Waals surface area (Å²) in [4.78, 5) is 2.31. The van der Waals surface area contributed by atoms with Gasteiger partial charge in [-0.1, -0.05) is 63.3 Å². The number of fused-ring (bicyclic) bond motifs is 1. The topological polar surface area (TPSA) is 3.24 Å². The Balaban J connectivity index is 1.87. The number of hydrogen-bond donors (Lipinski definition) is 0. The largest absolute Gasteiger partial charge is 0.347 e. The summed E-state index contributed by atoms with van der Waals surface area (Å²) in [5, 5.41) is 0. The van der Waals surface area contributed by atoms with E-state index in [4.69, 9.17) is 0 Å². The number of nitrogens with zero attached hydrogens (tertiary/aromatic N) is 1. The fraction of sp³-hybridized carbons (Fsp3) is 0.300. The first-order valence-corrected chi connectivity index (χ1v) is 7.66. The van der Waals surface area contributed by atoms with Crippen molar-refractivity contribution in [1.29, 1.82) is 0 Å². The van der Waals surface area contributed by atoms with E-state index in [2.05, 4.69) is 92.7 Å². The summed E-state index contributed by atoms with van der Waals surface area (Å²) in [6.07, 6.45) is 14.7. The van der Waals surface area contributed by atoms with Crippen molar-refractivity contribution in [3.05, 3.63) is 78.2 Å². The van der Waals surface area contributed by atoms with Gasteiger partial charge in [-0.2, -0.15) is 0 Å². The van der Waals surface area contributed by atoms with Crippen LogP contribution in [-0.4, -0.2) is 10.9 Å². The third-order valence-corrected chi connectivity index (χ3v) is 4.16. The predicted molar refractivity (Wildman–Crippen MR) is 90.5 cm³/mol. The number of allylic oxidation sites excluding steroid dienone is 4. The highest BCUT2D eigenvalue weighted by atomic mass is 15.1.